The molecule has 0 bridgehead atoms. The number of fused-ring (bicyclic) bond motifs is 1. The Morgan fingerprint density at radius 2 is 1.76 bits per heavy atom. The maximum Gasteiger partial charge on any atom is 0.338 e. The number of esters is 1. The van der Waals surface area contributed by atoms with Crippen LogP contribution in [0.25, 0.3) is 16.9 Å². The van der Waals surface area contributed by atoms with Crippen LogP contribution in [0.5, 0.6) is 5.75 Å². The fourth-order valence-electron chi connectivity index (χ4n) is 4.83. The van der Waals surface area contributed by atoms with E-state index < -0.39 is 0 Å². The molecule has 2 aromatic heterocycles. The Hall–Kier alpha value is -3.60. The van der Waals surface area contributed by atoms with Crippen LogP contribution < -0.4 is 4.74 Å². The second-order valence-corrected chi connectivity index (χ2v) is 8.84. The van der Waals surface area contributed by atoms with Gasteiger partial charge in [0.25, 0.3) is 0 Å². The van der Waals surface area contributed by atoms with E-state index >= 15 is 0 Å². The molecule has 0 spiro atoms. The van der Waals surface area contributed by atoms with Crippen LogP contribution in [-0.4, -0.2) is 22.0 Å². The summed E-state index contributed by atoms with van der Waals surface area (Å²) in [7, 11) is 0. The van der Waals surface area contributed by atoms with Gasteiger partial charge in [0.15, 0.2) is 0 Å². The minimum atomic E-state index is -0.311. The first kappa shape index (κ1) is 22.2. The van der Waals surface area contributed by atoms with Gasteiger partial charge in [-0.3, -0.25) is 0 Å². The lowest BCUT2D eigenvalue weighted by molar-refractivity contribution is 0.0526. The fraction of sp³-hybridized carbons (Fsp3) is 0.310. The van der Waals surface area contributed by atoms with Crippen LogP contribution >= 0.6 is 0 Å². The van der Waals surface area contributed by atoms with Crippen molar-refractivity contribution in [2.45, 2.75) is 51.6 Å². The lowest BCUT2D eigenvalue weighted by Crippen LogP contribution is -2.09. The van der Waals surface area contributed by atoms with E-state index in [-0.39, 0.29) is 5.97 Å². The van der Waals surface area contributed by atoms with Gasteiger partial charge in [0, 0.05) is 17.7 Å². The minimum Gasteiger partial charge on any atom is -0.489 e. The van der Waals surface area contributed by atoms with Gasteiger partial charge in [-0.05, 0) is 61.7 Å². The highest BCUT2D eigenvalue weighted by Gasteiger charge is 2.25. The van der Waals surface area contributed by atoms with Gasteiger partial charge in [-0.1, -0.05) is 49.6 Å². The average molecular weight is 455 g/mol. The Kier molecular flexibility index (Phi) is 6.61. The molecule has 0 radical (unpaired) electrons. The van der Waals surface area contributed by atoms with E-state index in [1.165, 1.54) is 37.8 Å². The van der Waals surface area contributed by atoms with Crippen molar-refractivity contribution in [3.63, 3.8) is 0 Å². The number of benzene rings is 2. The van der Waals surface area contributed by atoms with E-state index in [2.05, 4.69) is 28.7 Å². The topological polar surface area (TPSA) is 52.8 Å². The van der Waals surface area contributed by atoms with Gasteiger partial charge < -0.3 is 13.9 Å². The lowest BCUT2D eigenvalue weighted by Gasteiger charge is -2.22. The Morgan fingerprint density at radius 3 is 2.50 bits per heavy atom. The van der Waals surface area contributed by atoms with Gasteiger partial charge in [-0.15, -0.1) is 0 Å². The van der Waals surface area contributed by atoms with Gasteiger partial charge in [0.05, 0.1) is 23.6 Å². The van der Waals surface area contributed by atoms with E-state index in [1.807, 2.05) is 55.6 Å². The number of hydrogen-bond acceptors (Lipinski definition) is 4. The summed E-state index contributed by atoms with van der Waals surface area (Å²) in [6.07, 6.45) is 8.08. The summed E-state index contributed by atoms with van der Waals surface area (Å²) >= 11 is 0. The van der Waals surface area contributed by atoms with Crippen LogP contribution in [0.1, 0.15) is 66.6 Å². The molecule has 1 saturated carbocycles. The van der Waals surface area contributed by atoms with Crippen molar-refractivity contribution in [2.24, 2.45) is 0 Å². The molecule has 0 amide bonds. The molecule has 2 heterocycles. The maximum absolute atomic E-state index is 12.3. The number of nitrogens with zero attached hydrogens (tertiary/aromatic N) is 2. The highest BCUT2D eigenvalue weighted by molar-refractivity contribution is 5.90. The second kappa shape index (κ2) is 10.1. The van der Waals surface area contributed by atoms with Crippen LogP contribution in [0.15, 0.2) is 72.9 Å². The first-order valence-corrected chi connectivity index (χ1v) is 12.2. The third-order valence-electron chi connectivity index (χ3n) is 6.54. The number of imidazole rings is 1. The molecule has 5 heteroatoms. The van der Waals surface area contributed by atoms with Crippen LogP contribution in [0.3, 0.4) is 0 Å². The molecular weight excluding hydrogens is 424 g/mol. The standard InChI is InChI=1S/C29H30N2O3/c1-2-33-29(32)24-17-18-31-26(19-24)30-27(28(31)23-11-7-4-8-12-23)22-13-15-25(16-14-22)34-20-21-9-5-3-6-10-21/h3,5-6,9-10,13-19,23H,2,4,7-8,11-12,20H2,1H3. The fourth-order valence-corrected chi connectivity index (χ4v) is 4.83. The number of hydrogen-bond donors (Lipinski definition) is 0. The van der Waals surface area contributed by atoms with Crippen molar-refractivity contribution in [1.82, 2.24) is 9.38 Å². The SMILES string of the molecule is CCOC(=O)c1ccn2c(C3CCCCC3)c(-c3ccc(OCc4ccccc4)cc3)nc2c1. The first-order chi connectivity index (χ1) is 16.7. The van der Waals surface area contributed by atoms with Crippen molar-refractivity contribution >= 4 is 11.6 Å². The predicted molar refractivity (Wildman–Crippen MR) is 133 cm³/mol. The number of rotatable bonds is 7. The van der Waals surface area contributed by atoms with Crippen LogP contribution in [0.4, 0.5) is 0 Å². The van der Waals surface area contributed by atoms with Gasteiger partial charge >= 0.3 is 5.97 Å². The number of carbonyl (C=O) groups excluding carboxylic acids is 1. The number of ether oxygens (including phenoxy) is 2. The number of aromatic nitrogens is 2. The molecule has 34 heavy (non-hydrogen) atoms. The highest BCUT2D eigenvalue weighted by Crippen LogP contribution is 2.39. The molecule has 0 unspecified atom stereocenters. The molecule has 5 rings (SSSR count). The number of carbonyl (C=O) groups is 1. The van der Waals surface area contributed by atoms with Crippen LogP contribution in [-0.2, 0) is 11.3 Å². The molecule has 0 aliphatic heterocycles. The van der Waals surface area contributed by atoms with E-state index in [4.69, 9.17) is 14.5 Å². The quantitative estimate of drug-likeness (QED) is 0.288. The molecule has 1 fully saturated rings. The van der Waals surface area contributed by atoms with Gasteiger partial charge in [-0.2, -0.15) is 0 Å². The largest absolute Gasteiger partial charge is 0.489 e. The van der Waals surface area contributed by atoms with Crippen molar-refractivity contribution in [3.05, 3.63) is 89.7 Å². The highest BCUT2D eigenvalue weighted by atomic mass is 16.5. The zero-order valence-corrected chi connectivity index (χ0v) is 19.6. The van der Waals surface area contributed by atoms with Crippen molar-refractivity contribution in [2.75, 3.05) is 6.61 Å². The van der Waals surface area contributed by atoms with Crippen molar-refractivity contribution in [1.29, 1.82) is 0 Å². The van der Waals surface area contributed by atoms with Gasteiger partial charge in [0.1, 0.15) is 18.0 Å². The zero-order valence-electron chi connectivity index (χ0n) is 19.6. The van der Waals surface area contributed by atoms with E-state index in [1.54, 1.807) is 0 Å². The predicted octanol–water partition coefficient (Wildman–Crippen LogP) is 6.80. The summed E-state index contributed by atoms with van der Waals surface area (Å²) in [6.45, 7) is 2.71. The smallest absolute Gasteiger partial charge is 0.338 e. The van der Waals surface area contributed by atoms with E-state index in [0.717, 1.165) is 28.2 Å². The molecule has 5 nitrogen and oxygen atoms in total. The third-order valence-corrected chi connectivity index (χ3v) is 6.54. The zero-order chi connectivity index (χ0) is 23.3. The lowest BCUT2D eigenvalue weighted by atomic mass is 9.85. The van der Waals surface area contributed by atoms with Crippen LogP contribution in [0.2, 0.25) is 0 Å². The molecular formula is C29H30N2O3. The molecule has 2 aromatic carbocycles. The van der Waals surface area contributed by atoms with Crippen LogP contribution in [0, 0.1) is 0 Å². The average Bonchev–Trinajstić information content (AvgIpc) is 3.28. The van der Waals surface area contributed by atoms with E-state index in [0.29, 0.717) is 24.7 Å². The Bertz CT molecular complexity index is 1260. The third kappa shape index (κ3) is 4.69. The summed E-state index contributed by atoms with van der Waals surface area (Å²) in [5.41, 5.74) is 5.75. The molecule has 1 aliphatic rings. The summed E-state index contributed by atoms with van der Waals surface area (Å²) in [5, 5.41) is 0. The van der Waals surface area contributed by atoms with Gasteiger partial charge in [-0.25, -0.2) is 9.78 Å². The van der Waals surface area contributed by atoms with Gasteiger partial charge in [0.2, 0.25) is 0 Å². The summed E-state index contributed by atoms with van der Waals surface area (Å²) in [5.74, 6) is 0.982. The van der Waals surface area contributed by atoms with E-state index in [9.17, 15) is 4.79 Å². The van der Waals surface area contributed by atoms with Crippen molar-refractivity contribution in [3.8, 4) is 17.0 Å². The molecule has 0 N–H and O–H groups in total. The molecule has 0 atom stereocenters. The second-order valence-electron chi connectivity index (χ2n) is 8.84. The Morgan fingerprint density at radius 1 is 1.00 bits per heavy atom. The Labute approximate surface area is 200 Å². The monoisotopic (exact) mass is 454 g/mol. The summed E-state index contributed by atoms with van der Waals surface area (Å²) in [4.78, 5) is 17.3. The molecule has 174 valence electrons. The Balaban J connectivity index is 1.47. The molecule has 4 aromatic rings. The maximum atomic E-state index is 12.3. The minimum absolute atomic E-state index is 0.311. The molecule has 1 aliphatic carbocycles. The molecule has 0 saturated heterocycles. The number of pyridine rings is 1. The summed E-state index contributed by atoms with van der Waals surface area (Å²) in [6, 6.07) is 22.0. The normalized spacial score (nSPS) is 14.3. The first-order valence-electron chi connectivity index (χ1n) is 12.2. The summed E-state index contributed by atoms with van der Waals surface area (Å²) < 4.78 is 13.3. The van der Waals surface area contributed by atoms with Crippen molar-refractivity contribution < 1.29 is 14.3 Å².